The van der Waals surface area contributed by atoms with Crippen molar-refractivity contribution in [2.45, 2.75) is 19.1 Å². The summed E-state index contributed by atoms with van der Waals surface area (Å²) in [5, 5.41) is 10.6. The number of esters is 1. The Balaban J connectivity index is 1.32. The molecule has 1 aliphatic heterocycles. The normalized spacial score (nSPS) is 16.1. The van der Waals surface area contributed by atoms with Gasteiger partial charge in [0.15, 0.2) is 0 Å². The minimum atomic E-state index is -0.834. The number of nitrogens with zero attached hydrogens (tertiary/aromatic N) is 4. The van der Waals surface area contributed by atoms with Gasteiger partial charge in [0.2, 0.25) is 6.10 Å². The van der Waals surface area contributed by atoms with E-state index >= 15 is 0 Å². The molecule has 0 N–H and O–H groups in total. The molecular formula is C18H15FN4O3S. The zero-order valence-electron chi connectivity index (χ0n) is 14.3. The molecule has 0 spiro atoms. The maximum absolute atomic E-state index is 13.3. The number of halogens is 1. The highest BCUT2D eigenvalue weighted by molar-refractivity contribution is 7.13. The minimum absolute atomic E-state index is 0.0464. The van der Waals surface area contributed by atoms with Gasteiger partial charge in [0, 0.05) is 36.2 Å². The number of oxime groups is 1. The molecule has 3 aromatic rings. The smallest absolute Gasteiger partial charge is 0.351 e. The fourth-order valence-electron chi connectivity index (χ4n) is 2.62. The fraction of sp³-hybridized carbons (Fsp3) is 0.222. The molecule has 0 saturated carbocycles. The lowest BCUT2D eigenvalue weighted by Crippen LogP contribution is -2.23. The third kappa shape index (κ3) is 3.87. The van der Waals surface area contributed by atoms with E-state index in [2.05, 4.69) is 15.2 Å². The zero-order valence-corrected chi connectivity index (χ0v) is 15.1. The fourth-order valence-corrected chi connectivity index (χ4v) is 3.40. The number of carbonyl (C=O) groups excluding carboxylic acids is 1. The van der Waals surface area contributed by atoms with Gasteiger partial charge >= 0.3 is 5.97 Å². The Morgan fingerprint density at radius 1 is 1.44 bits per heavy atom. The number of thiazole rings is 1. The standard InChI is InChI=1S/C18H15FN4O3S/c1-23-8-12(7-20-23)17-21-14(10-27-17)9-25-18(24)16-6-15(22-26-16)11-3-2-4-13(19)5-11/h2-5,7-8,10,16H,6,9H2,1H3. The van der Waals surface area contributed by atoms with E-state index in [1.807, 2.05) is 18.6 Å². The SMILES string of the molecule is Cn1cc(-c2nc(COC(=O)C3CC(c4cccc(F)c4)=NO3)cs2)cn1. The summed E-state index contributed by atoms with van der Waals surface area (Å²) in [5.74, 6) is -0.893. The van der Waals surface area contributed by atoms with E-state index in [1.54, 1.807) is 23.0 Å². The molecule has 2 aromatic heterocycles. The Bertz CT molecular complexity index is 1010. The van der Waals surface area contributed by atoms with E-state index < -0.39 is 12.1 Å². The van der Waals surface area contributed by atoms with Crippen LogP contribution in [0.25, 0.3) is 10.6 Å². The Labute approximate surface area is 158 Å². The maximum atomic E-state index is 13.3. The molecule has 27 heavy (non-hydrogen) atoms. The minimum Gasteiger partial charge on any atom is -0.456 e. The average Bonchev–Trinajstić information content (AvgIpc) is 3.40. The van der Waals surface area contributed by atoms with Crippen LogP contribution in [0.2, 0.25) is 0 Å². The highest BCUT2D eigenvalue weighted by Gasteiger charge is 2.30. The molecule has 1 aromatic carbocycles. The van der Waals surface area contributed by atoms with Gasteiger partial charge in [0.05, 0.1) is 17.6 Å². The van der Waals surface area contributed by atoms with Crippen LogP contribution >= 0.6 is 11.3 Å². The van der Waals surface area contributed by atoms with Crippen LogP contribution in [-0.4, -0.2) is 32.5 Å². The van der Waals surface area contributed by atoms with Crippen LogP contribution in [-0.2, 0) is 28.0 Å². The van der Waals surface area contributed by atoms with Crippen molar-refractivity contribution in [3.05, 3.63) is 59.1 Å². The van der Waals surface area contributed by atoms with E-state index in [9.17, 15) is 9.18 Å². The number of aryl methyl sites for hydroxylation is 1. The summed E-state index contributed by atoms with van der Waals surface area (Å²) in [6.07, 6.45) is 3.00. The van der Waals surface area contributed by atoms with Crippen LogP contribution < -0.4 is 0 Å². The zero-order chi connectivity index (χ0) is 18.8. The molecule has 1 aliphatic rings. The van der Waals surface area contributed by atoms with Crippen LogP contribution in [0.4, 0.5) is 4.39 Å². The summed E-state index contributed by atoms with van der Waals surface area (Å²) in [6.45, 7) is 0.0464. The number of carbonyl (C=O) groups is 1. The molecule has 138 valence electrons. The van der Waals surface area contributed by atoms with Crippen LogP contribution in [0.15, 0.2) is 47.2 Å². The van der Waals surface area contributed by atoms with Gasteiger partial charge in [-0.1, -0.05) is 17.3 Å². The van der Waals surface area contributed by atoms with Crippen molar-refractivity contribution in [2.75, 3.05) is 0 Å². The van der Waals surface area contributed by atoms with Crippen molar-refractivity contribution in [3.63, 3.8) is 0 Å². The lowest BCUT2D eigenvalue weighted by atomic mass is 10.1. The molecule has 7 nitrogen and oxygen atoms in total. The van der Waals surface area contributed by atoms with Gasteiger partial charge in [-0.2, -0.15) is 5.10 Å². The Hall–Kier alpha value is -3.07. The van der Waals surface area contributed by atoms with Crippen molar-refractivity contribution >= 4 is 23.0 Å². The molecule has 0 aliphatic carbocycles. The van der Waals surface area contributed by atoms with Crippen molar-refractivity contribution in [2.24, 2.45) is 12.2 Å². The van der Waals surface area contributed by atoms with Gasteiger partial charge in [-0.15, -0.1) is 11.3 Å². The third-order valence-electron chi connectivity index (χ3n) is 3.96. The first-order chi connectivity index (χ1) is 13.1. The monoisotopic (exact) mass is 386 g/mol. The highest BCUT2D eigenvalue weighted by atomic mass is 32.1. The van der Waals surface area contributed by atoms with Crippen molar-refractivity contribution in [1.82, 2.24) is 14.8 Å². The second-order valence-corrected chi connectivity index (χ2v) is 6.86. The number of hydrogen-bond acceptors (Lipinski definition) is 7. The van der Waals surface area contributed by atoms with Crippen LogP contribution in [0, 0.1) is 5.82 Å². The van der Waals surface area contributed by atoms with Crippen molar-refractivity contribution < 1.29 is 18.8 Å². The molecule has 1 atom stereocenters. The molecule has 0 amide bonds. The van der Waals surface area contributed by atoms with Crippen LogP contribution in [0.5, 0.6) is 0 Å². The summed E-state index contributed by atoms with van der Waals surface area (Å²) in [6, 6.07) is 6.00. The third-order valence-corrected chi connectivity index (χ3v) is 4.90. The lowest BCUT2D eigenvalue weighted by Gasteiger charge is -2.07. The summed E-state index contributed by atoms with van der Waals surface area (Å²) in [4.78, 5) is 21.8. The molecule has 4 rings (SSSR count). The van der Waals surface area contributed by atoms with Crippen molar-refractivity contribution in [1.29, 1.82) is 0 Å². The van der Waals surface area contributed by atoms with E-state index in [1.165, 1.54) is 23.5 Å². The number of hydrogen-bond donors (Lipinski definition) is 0. The largest absolute Gasteiger partial charge is 0.456 e. The van der Waals surface area contributed by atoms with Crippen LogP contribution in [0.1, 0.15) is 17.7 Å². The Morgan fingerprint density at radius 2 is 2.33 bits per heavy atom. The van der Waals surface area contributed by atoms with E-state index in [0.29, 0.717) is 17.0 Å². The molecule has 0 radical (unpaired) electrons. The lowest BCUT2D eigenvalue weighted by molar-refractivity contribution is -0.156. The maximum Gasteiger partial charge on any atom is 0.351 e. The predicted octanol–water partition coefficient (Wildman–Crippen LogP) is 2.92. The summed E-state index contributed by atoms with van der Waals surface area (Å²) in [5.41, 5.74) is 2.67. The first kappa shape index (κ1) is 17.3. The highest BCUT2D eigenvalue weighted by Crippen LogP contribution is 2.24. The summed E-state index contributed by atoms with van der Waals surface area (Å²) in [7, 11) is 1.83. The summed E-state index contributed by atoms with van der Waals surface area (Å²) < 4.78 is 20.3. The summed E-state index contributed by atoms with van der Waals surface area (Å²) >= 11 is 1.45. The first-order valence-corrected chi connectivity index (χ1v) is 9.05. The number of rotatable bonds is 5. The number of ether oxygens (including phenoxy) is 1. The van der Waals surface area contributed by atoms with Gasteiger partial charge in [0.1, 0.15) is 17.4 Å². The molecule has 3 heterocycles. The molecule has 9 heteroatoms. The van der Waals surface area contributed by atoms with E-state index in [4.69, 9.17) is 9.57 Å². The quantitative estimate of drug-likeness (QED) is 0.630. The predicted molar refractivity (Wildman–Crippen MR) is 96.5 cm³/mol. The molecular weight excluding hydrogens is 371 g/mol. The van der Waals surface area contributed by atoms with Crippen LogP contribution in [0.3, 0.4) is 0 Å². The number of benzene rings is 1. The van der Waals surface area contributed by atoms with E-state index in [0.717, 1.165) is 10.6 Å². The average molecular weight is 386 g/mol. The topological polar surface area (TPSA) is 78.6 Å². The Morgan fingerprint density at radius 3 is 3.11 bits per heavy atom. The Kier molecular flexibility index (Phi) is 4.68. The second-order valence-electron chi connectivity index (χ2n) is 6.00. The number of aromatic nitrogens is 3. The molecule has 0 bridgehead atoms. The van der Waals surface area contributed by atoms with Crippen molar-refractivity contribution in [3.8, 4) is 10.6 Å². The van der Waals surface area contributed by atoms with E-state index in [-0.39, 0.29) is 18.8 Å². The van der Waals surface area contributed by atoms with Gasteiger partial charge in [-0.3, -0.25) is 4.68 Å². The van der Waals surface area contributed by atoms with Gasteiger partial charge in [-0.05, 0) is 12.1 Å². The molecule has 0 saturated heterocycles. The van der Waals surface area contributed by atoms with Gasteiger partial charge in [0.25, 0.3) is 0 Å². The molecule has 0 fully saturated rings. The van der Waals surface area contributed by atoms with Gasteiger partial charge in [-0.25, -0.2) is 14.2 Å². The van der Waals surface area contributed by atoms with Gasteiger partial charge < -0.3 is 9.57 Å². The first-order valence-electron chi connectivity index (χ1n) is 8.17. The molecule has 1 unspecified atom stereocenters. The second kappa shape index (κ2) is 7.28.